The molecule has 33 heavy (non-hydrogen) atoms. The average molecular weight is 467 g/mol. The SMILES string of the molecule is CC(C)C(O)c1nc(-c2cnc(N)c(OC(F)(F)F)c2)cn1C12CC(N3CCOCC3)(C1)C2. The molecule has 4 aliphatic rings. The second-order valence-corrected chi connectivity index (χ2v) is 9.78. The second kappa shape index (κ2) is 7.57. The first-order chi connectivity index (χ1) is 15.5. The number of anilines is 1. The van der Waals surface area contributed by atoms with Crippen LogP contribution in [0.2, 0.25) is 0 Å². The van der Waals surface area contributed by atoms with Crippen LogP contribution in [0.3, 0.4) is 0 Å². The Morgan fingerprint density at radius 2 is 1.85 bits per heavy atom. The summed E-state index contributed by atoms with van der Waals surface area (Å²) in [5, 5.41) is 10.9. The molecule has 0 amide bonds. The Hall–Kier alpha value is -2.37. The van der Waals surface area contributed by atoms with Crippen LogP contribution in [0.5, 0.6) is 5.75 Å². The molecule has 1 saturated heterocycles. The van der Waals surface area contributed by atoms with Gasteiger partial charge in [0.05, 0.1) is 24.4 Å². The molecule has 3 aliphatic carbocycles. The van der Waals surface area contributed by atoms with E-state index in [1.807, 2.05) is 24.6 Å². The van der Waals surface area contributed by atoms with Crippen molar-refractivity contribution in [2.75, 3.05) is 32.0 Å². The van der Waals surface area contributed by atoms with Gasteiger partial charge in [0.1, 0.15) is 11.9 Å². The van der Waals surface area contributed by atoms with Gasteiger partial charge in [-0.25, -0.2) is 9.97 Å². The van der Waals surface area contributed by atoms with Crippen molar-refractivity contribution in [3.8, 4) is 17.0 Å². The van der Waals surface area contributed by atoms with Crippen LogP contribution < -0.4 is 10.5 Å². The highest BCUT2D eigenvalue weighted by atomic mass is 19.4. The molecule has 2 aromatic rings. The maximum atomic E-state index is 12.8. The summed E-state index contributed by atoms with van der Waals surface area (Å²) in [5.41, 5.74) is 6.37. The third kappa shape index (κ3) is 3.75. The number of nitrogens with zero attached hydrogens (tertiary/aromatic N) is 4. The fraction of sp³-hybridized carbons (Fsp3) is 0.636. The fourth-order valence-electron chi connectivity index (χ4n) is 5.53. The monoisotopic (exact) mass is 467 g/mol. The molecular formula is C22H28F3N5O3. The molecule has 3 saturated carbocycles. The summed E-state index contributed by atoms with van der Waals surface area (Å²) in [5.74, 6) is -0.485. The predicted molar refractivity (Wildman–Crippen MR) is 113 cm³/mol. The molecule has 180 valence electrons. The van der Waals surface area contributed by atoms with Crippen molar-refractivity contribution in [2.24, 2.45) is 5.92 Å². The van der Waals surface area contributed by atoms with E-state index in [9.17, 15) is 18.3 Å². The van der Waals surface area contributed by atoms with Crippen molar-refractivity contribution in [1.82, 2.24) is 19.4 Å². The first-order valence-electron chi connectivity index (χ1n) is 11.1. The molecular weight excluding hydrogens is 439 g/mol. The zero-order valence-corrected chi connectivity index (χ0v) is 18.6. The molecule has 1 atom stereocenters. The molecule has 0 radical (unpaired) electrons. The number of aliphatic hydroxyl groups excluding tert-OH is 1. The normalized spacial score (nSPS) is 28.3. The number of rotatable bonds is 6. The van der Waals surface area contributed by atoms with Gasteiger partial charge in [0.15, 0.2) is 11.6 Å². The van der Waals surface area contributed by atoms with Crippen LogP contribution in [0.4, 0.5) is 19.0 Å². The zero-order chi connectivity index (χ0) is 23.6. The van der Waals surface area contributed by atoms with E-state index in [4.69, 9.17) is 10.5 Å². The number of halogens is 3. The lowest BCUT2D eigenvalue weighted by atomic mass is 9.43. The largest absolute Gasteiger partial charge is 0.573 e. The Morgan fingerprint density at radius 1 is 1.18 bits per heavy atom. The number of morpholine rings is 1. The number of ether oxygens (including phenoxy) is 2. The van der Waals surface area contributed by atoms with Crippen LogP contribution >= 0.6 is 0 Å². The lowest BCUT2D eigenvalue weighted by molar-refractivity contribution is -0.274. The molecule has 11 heteroatoms. The van der Waals surface area contributed by atoms with Gasteiger partial charge in [0.25, 0.3) is 0 Å². The summed E-state index contributed by atoms with van der Waals surface area (Å²) in [4.78, 5) is 11.0. The second-order valence-electron chi connectivity index (χ2n) is 9.78. The summed E-state index contributed by atoms with van der Waals surface area (Å²) in [7, 11) is 0. The maximum Gasteiger partial charge on any atom is 0.573 e. The Labute approximate surface area is 189 Å². The van der Waals surface area contributed by atoms with Crippen molar-refractivity contribution in [2.45, 2.75) is 56.7 Å². The molecule has 2 bridgehead atoms. The van der Waals surface area contributed by atoms with E-state index in [1.165, 1.54) is 12.3 Å². The highest BCUT2D eigenvalue weighted by Crippen LogP contribution is 2.68. The van der Waals surface area contributed by atoms with E-state index in [0.29, 0.717) is 17.1 Å². The summed E-state index contributed by atoms with van der Waals surface area (Å²) < 4.78 is 49.8. The van der Waals surface area contributed by atoms with E-state index in [-0.39, 0.29) is 22.8 Å². The van der Waals surface area contributed by atoms with Crippen LogP contribution in [0.1, 0.15) is 45.0 Å². The average Bonchev–Trinajstić information content (AvgIpc) is 3.12. The number of imidazole rings is 1. The first-order valence-corrected chi connectivity index (χ1v) is 11.1. The molecule has 4 fully saturated rings. The minimum atomic E-state index is -4.88. The molecule has 3 heterocycles. The van der Waals surface area contributed by atoms with E-state index < -0.39 is 18.2 Å². The van der Waals surface area contributed by atoms with E-state index in [2.05, 4.69) is 19.6 Å². The van der Waals surface area contributed by atoms with Crippen molar-refractivity contribution >= 4 is 5.82 Å². The number of aromatic nitrogens is 3. The third-order valence-corrected chi connectivity index (χ3v) is 7.20. The van der Waals surface area contributed by atoms with Gasteiger partial charge in [0.2, 0.25) is 0 Å². The predicted octanol–water partition coefficient (Wildman–Crippen LogP) is 3.08. The number of hydrogen-bond donors (Lipinski definition) is 2. The Balaban J connectivity index is 1.46. The molecule has 0 aromatic carbocycles. The summed E-state index contributed by atoms with van der Waals surface area (Å²) in [6.45, 7) is 7.14. The van der Waals surface area contributed by atoms with E-state index in [0.717, 1.165) is 45.6 Å². The molecule has 1 aliphatic heterocycles. The fourth-order valence-corrected chi connectivity index (χ4v) is 5.53. The van der Waals surface area contributed by atoms with Crippen LogP contribution in [-0.2, 0) is 10.3 Å². The van der Waals surface area contributed by atoms with Gasteiger partial charge in [-0.1, -0.05) is 13.8 Å². The van der Waals surface area contributed by atoms with Gasteiger partial charge in [-0.05, 0) is 31.2 Å². The van der Waals surface area contributed by atoms with Crippen LogP contribution in [0.15, 0.2) is 18.5 Å². The number of pyridine rings is 1. The van der Waals surface area contributed by atoms with Gasteiger partial charge in [0, 0.05) is 36.6 Å². The van der Waals surface area contributed by atoms with Gasteiger partial charge in [-0.2, -0.15) is 0 Å². The van der Waals surface area contributed by atoms with Gasteiger partial charge in [-0.15, -0.1) is 13.2 Å². The van der Waals surface area contributed by atoms with E-state index in [1.54, 1.807) is 0 Å². The molecule has 3 N–H and O–H groups in total. The smallest absolute Gasteiger partial charge is 0.402 e. The number of nitrogen functional groups attached to an aromatic ring is 1. The number of aliphatic hydroxyl groups is 1. The standard InChI is InChI=1S/C22H28F3N5O3/c1-13(2)17(31)19-28-15(14-7-16(18(26)27-8-14)33-22(23,24)25)9-30(19)21-10-20(11-21,12-21)29-3-5-32-6-4-29/h7-9,13,17,31H,3-6,10-12H2,1-2H3,(H2,26,27). The van der Waals surface area contributed by atoms with Gasteiger partial charge < -0.3 is 24.9 Å². The topological polar surface area (TPSA) is 98.7 Å². The Bertz CT molecular complexity index is 1030. The van der Waals surface area contributed by atoms with Crippen molar-refractivity contribution in [3.05, 3.63) is 24.3 Å². The molecule has 1 unspecified atom stereocenters. The Morgan fingerprint density at radius 3 is 2.45 bits per heavy atom. The van der Waals surface area contributed by atoms with Gasteiger partial charge >= 0.3 is 6.36 Å². The van der Waals surface area contributed by atoms with E-state index >= 15 is 0 Å². The van der Waals surface area contributed by atoms with Crippen molar-refractivity contribution < 1.29 is 27.8 Å². The molecule has 8 nitrogen and oxygen atoms in total. The lowest BCUT2D eigenvalue weighted by Crippen LogP contribution is -2.79. The highest BCUT2D eigenvalue weighted by molar-refractivity contribution is 5.64. The molecule has 6 rings (SSSR count). The molecule has 2 aromatic heterocycles. The third-order valence-electron chi connectivity index (χ3n) is 7.20. The maximum absolute atomic E-state index is 12.8. The van der Waals surface area contributed by atoms with Crippen LogP contribution in [0, 0.1) is 5.92 Å². The summed E-state index contributed by atoms with van der Waals surface area (Å²) in [6.07, 6.45) is 0.357. The van der Waals surface area contributed by atoms with Crippen molar-refractivity contribution in [3.63, 3.8) is 0 Å². The van der Waals surface area contributed by atoms with Crippen LogP contribution in [0.25, 0.3) is 11.3 Å². The summed E-state index contributed by atoms with van der Waals surface area (Å²) in [6, 6.07) is 1.19. The van der Waals surface area contributed by atoms with Crippen molar-refractivity contribution in [1.29, 1.82) is 0 Å². The lowest BCUT2D eigenvalue weighted by Gasteiger charge is -2.74. The number of nitrogens with two attached hydrogens (primary N) is 1. The number of alkyl halides is 3. The minimum absolute atomic E-state index is 0.0757. The first kappa shape index (κ1) is 22.4. The number of hydrogen-bond acceptors (Lipinski definition) is 7. The van der Waals surface area contributed by atoms with Gasteiger partial charge in [-0.3, -0.25) is 4.90 Å². The zero-order valence-electron chi connectivity index (χ0n) is 18.6. The Kier molecular flexibility index (Phi) is 5.15. The summed E-state index contributed by atoms with van der Waals surface area (Å²) >= 11 is 0. The quantitative estimate of drug-likeness (QED) is 0.674. The minimum Gasteiger partial charge on any atom is -0.402 e. The molecule has 0 spiro atoms. The van der Waals surface area contributed by atoms with Crippen LogP contribution in [-0.4, -0.2) is 62.7 Å². The highest BCUT2D eigenvalue weighted by Gasteiger charge is 2.71.